The molecule has 0 fully saturated rings. The molecule has 1 atom stereocenters. The van der Waals surface area contributed by atoms with E-state index in [-0.39, 0.29) is 39.1 Å². The van der Waals surface area contributed by atoms with Crippen LogP contribution in [0.5, 0.6) is 5.75 Å². The minimum Gasteiger partial charge on any atom is -0.492 e. The van der Waals surface area contributed by atoms with Gasteiger partial charge in [-0.05, 0) is 31.2 Å². The van der Waals surface area contributed by atoms with E-state index in [1.54, 1.807) is 12.1 Å². The first-order chi connectivity index (χ1) is 15.2. The number of ether oxygens (including phenoxy) is 2. The fraction of sp³-hybridized carbons (Fsp3) is 0.238. The number of nitrogens with one attached hydrogen (secondary N) is 1. The fourth-order valence-electron chi connectivity index (χ4n) is 3.04. The maximum atomic E-state index is 14.9. The Morgan fingerprint density at radius 3 is 2.50 bits per heavy atom. The molecular weight excluding hydrogens is 463 g/mol. The molecule has 1 aliphatic heterocycles. The van der Waals surface area contributed by atoms with Crippen molar-refractivity contribution in [2.24, 2.45) is 5.16 Å². The predicted octanol–water partition coefficient (Wildman–Crippen LogP) is 3.65. The number of esters is 1. The van der Waals surface area contributed by atoms with Gasteiger partial charge in [0.1, 0.15) is 10.6 Å². The summed E-state index contributed by atoms with van der Waals surface area (Å²) in [6, 6.07) is 8.10. The maximum absolute atomic E-state index is 14.9. The maximum Gasteiger partial charge on any atom is 0.358 e. The largest absolute Gasteiger partial charge is 0.492 e. The first-order valence-corrected chi connectivity index (χ1v) is 11.1. The van der Waals surface area contributed by atoms with E-state index in [2.05, 4.69) is 10.5 Å². The summed E-state index contributed by atoms with van der Waals surface area (Å²) < 4.78 is 54.4. The molecule has 2 aromatic rings. The van der Waals surface area contributed by atoms with Crippen LogP contribution in [0, 0.1) is 12.7 Å². The highest BCUT2D eigenvalue weighted by Gasteiger charge is 2.29. The van der Waals surface area contributed by atoms with Crippen LogP contribution in [0.2, 0.25) is 5.02 Å². The number of hydrogen-bond acceptors (Lipinski definition) is 8. The van der Waals surface area contributed by atoms with E-state index in [9.17, 15) is 17.6 Å². The lowest BCUT2D eigenvalue weighted by molar-refractivity contribution is -0.136. The van der Waals surface area contributed by atoms with Gasteiger partial charge in [-0.1, -0.05) is 40.5 Å². The minimum atomic E-state index is -4.19. The number of aryl methyl sites for hydroxylation is 1. The second kappa shape index (κ2) is 9.58. The predicted molar refractivity (Wildman–Crippen MR) is 115 cm³/mol. The summed E-state index contributed by atoms with van der Waals surface area (Å²) >= 11 is 5.96. The standard InChI is InChI=1S/C21H20ClFN2O6S/c1-12-4-6-14(7-5-12)32(27,28)31-25-13-10-17(24-18(11-13)21(26)30-3)15-8-9-16(22)20(29-2)19(15)23/h4-9,11,17,24H,10H2,1-3H3/b25-13-. The van der Waals surface area contributed by atoms with Gasteiger partial charge in [-0.15, -0.1) is 0 Å². The number of carbonyl (C=O) groups is 1. The molecule has 1 aliphatic rings. The van der Waals surface area contributed by atoms with Gasteiger partial charge in [0.2, 0.25) is 0 Å². The molecule has 0 bridgehead atoms. The Balaban J connectivity index is 1.95. The Labute approximate surface area is 189 Å². The number of rotatable bonds is 6. The zero-order valence-electron chi connectivity index (χ0n) is 17.4. The number of halogens is 2. The summed E-state index contributed by atoms with van der Waals surface area (Å²) in [6.45, 7) is 1.82. The molecular formula is C21H20ClFN2O6S. The highest BCUT2D eigenvalue weighted by atomic mass is 35.5. The van der Waals surface area contributed by atoms with Gasteiger partial charge < -0.3 is 14.8 Å². The highest BCUT2D eigenvalue weighted by molar-refractivity contribution is 7.86. The van der Waals surface area contributed by atoms with Gasteiger partial charge in [-0.3, -0.25) is 4.28 Å². The Morgan fingerprint density at radius 1 is 1.19 bits per heavy atom. The summed E-state index contributed by atoms with van der Waals surface area (Å²) in [5, 5.41) is 6.65. The third kappa shape index (κ3) is 5.03. The van der Waals surface area contributed by atoms with E-state index in [4.69, 9.17) is 25.4 Å². The van der Waals surface area contributed by atoms with Crippen LogP contribution < -0.4 is 10.1 Å². The van der Waals surface area contributed by atoms with Crippen molar-refractivity contribution in [3.05, 3.63) is 70.1 Å². The first kappa shape index (κ1) is 23.6. The zero-order chi connectivity index (χ0) is 23.5. The average molecular weight is 483 g/mol. The summed E-state index contributed by atoms with van der Waals surface area (Å²) in [6.07, 6.45) is 1.28. The summed E-state index contributed by atoms with van der Waals surface area (Å²) in [4.78, 5) is 12.0. The van der Waals surface area contributed by atoms with Gasteiger partial charge in [-0.25, -0.2) is 9.18 Å². The van der Waals surface area contributed by atoms with Crippen LogP contribution in [-0.4, -0.2) is 34.3 Å². The number of carbonyl (C=O) groups excluding carboxylic acids is 1. The normalized spacial score (nSPS) is 17.3. The Morgan fingerprint density at radius 2 is 1.88 bits per heavy atom. The molecule has 0 radical (unpaired) electrons. The van der Waals surface area contributed by atoms with E-state index in [0.717, 1.165) is 5.56 Å². The van der Waals surface area contributed by atoms with Gasteiger partial charge in [0, 0.05) is 12.0 Å². The van der Waals surface area contributed by atoms with Crippen molar-refractivity contribution in [3.63, 3.8) is 0 Å². The molecule has 0 aromatic heterocycles. The smallest absolute Gasteiger partial charge is 0.358 e. The Hall–Kier alpha value is -3.11. The molecule has 0 saturated carbocycles. The van der Waals surface area contributed by atoms with Crippen molar-refractivity contribution in [2.75, 3.05) is 14.2 Å². The average Bonchev–Trinajstić information content (AvgIpc) is 2.77. The van der Waals surface area contributed by atoms with Crippen LogP contribution in [0.1, 0.15) is 23.6 Å². The van der Waals surface area contributed by atoms with Gasteiger partial charge in [0.05, 0.1) is 31.0 Å². The zero-order valence-corrected chi connectivity index (χ0v) is 19.0. The molecule has 170 valence electrons. The van der Waals surface area contributed by atoms with E-state index in [1.807, 2.05) is 6.92 Å². The number of nitrogens with zero attached hydrogens (tertiary/aromatic N) is 1. The second-order valence-electron chi connectivity index (χ2n) is 6.86. The van der Waals surface area contributed by atoms with E-state index >= 15 is 0 Å². The fourth-order valence-corrected chi connectivity index (χ4v) is 4.02. The van der Waals surface area contributed by atoms with Crippen molar-refractivity contribution in [3.8, 4) is 5.75 Å². The van der Waals surface area contributed by atoms with Gasteiger partial charge >= 0.3 is 16.1 Å². The van der Waals surface area contributed by atoms with Gasteiger partial charge in [-0.2, -0.15) is 8.42 Å². The van der Waals surface area contributed by atoms with E-state index in [0.29, 0.717) is 0 Å². The van der Waals surface area contributed by atoms with Crippen LogP contribution in [-0.2, 0) is 23.9 Å². The Bertz CT molecular complexity index is 1200. The molecule has 11 heteroatoms. The first-order valence-electron chi connectivity index (χ1n) is 9.32. The summed E-state index contributed by atoms with van der Waals surface area (Å²) in [5.41, 5.74) is 1.04. The minimum absolute atomic E-state index is 0.00557. The van der Waals surface area contributed by atoms with Crippen molar-refractivity contribution in [1.82, 2.24) is 5.32 Å². The summed E-state index contributed by atoms with van der Waals surface area (Å²) in [5.74, 6) is -1.63. The second-order valence-corrected chi connectivity index (χ2v) is 8.79. The van der Waals surface area contributed by atoms with E-state index < -0.39 is 27.9 Å². The van der Waals surface area contributed by atoms with E-state index in [1.165, 1.54) is 44.6 Å². The molecule has 0 spiro atoms. The molecule has 2 aromatic carbocycles. The number of benzene rings is 2. The lowest BCUT2D eigenvalue weighted by atomic mass is 9.96. The molecule has 3 rings (SSSR count). The number of methoxy groups -OCH3 is 2. The number of hydrogen-bond donors (Lipinski definition) is 1. The van der Waals surface area contributed by atoms with Crippen molar-refractivity contribution >= 4 is 33.4 Å². The molecule has 1 heterocycles. The number of allylic oxidation sites excluding steroid dienone is 1. The monoisotopic (exact) mass is 482 g/mol. The van der Waals surface area contributed by atoms with Gasteiger partial charge in [0.15, 0.2) is 11.6 Å². The molecule has 0 amide bonds. The van der Waals surface area contributed by atoms with Crippen molar-refractivity contribution in [2.45, 2.75) is 24.3 Å². The Kier molecular flexibility index (Phi) is 7.05. The molecule has 32 heavy (non-hydrogen) atoms. The molecule has 0 saturated heterocycles. The summed E-state index contributed by atoms with van der Waals surface area (Å²) in [7, 11) is -1.74. The lowest BCUT2D eigenvalue weighted by Crippen LogP contribution is -2.33. The number of oxime groups is 1. The van der Waals surface area contributed by atoms with Crippen LogP contribution in [0.4, 0.5) is 4.39 Å². The van der Waals surface area contributed by atoms with Gasteiger partial charge in [0.25, 0.3) is 0 Å². The van der Waals surface area contributed by atoms with Crippen LogP contribution in [0.25, 0.3) is 0 Å². The van der Waals surface area contributed by atoms with Crippen LogP contribution in [0.15, 0.2) is 58.2 Å². The van der Waals surface area contributed by atoms with Crippen LogP contribution in [0.3, 0.4) is 0 Å². The third-order valence-corrected chi connectivity index (χ3v) is 6.10. The van der Waals surface area contributed by atoms with Crippen molar-refractivity contribution < 1.29 is 31.4 Å². The molecule has 0 aliphatic carbocycles. The topological polar surface area (TPSA) is 103 Å². The van der Waals surface area contributed by atoms with Crippen molar-refractivity contribution in [1.29, 1.82) is 0 Å². The highest BCUT2D eigenvalue weighted by Crippen LogP contribution is 2.35. The van der Waals surface area contributed by atoms with Crippen LogP contribution >= 0.6 is 11.6 Å². The molecule has 8 nitrogen and oxygen atoms in total. The third-order valence-electron chi connectivity index (χ3n) is 4.68. The molecule has 1 N–H and O–H groups in total. The SMILES string of the molecule is COC(=O)C1=C/C(=N\OS(=O)(=O)c2ccc(C)cc2)CC(c2ccc(Cl)c(OC)c2F)N1. The quantitative estimate of drug-likeness (QED) is 0.495. The lowest BCUT2D eigenvalue weighted by Gasteiger charge is -2.26. The molecule has 1 unspecified atom stereocenters.